The van der Waals surface area contributed by atoms with Crippen LogP contribution in [0.15, 0.2) is 18.2 Å². The molecular weight excluding hydrogens is 272 g/mol. The Balaban J connectivity index is 2.05. The average molecular weight is 293 g/mol. The zero-order valence-electron chi connectivity index (χ0n) is 12.1. The number of nitrogens with zero attached hydrogens (tertiary/aromatic N) is 2. The third-order valence-electron chi connectivity index (χ3n) is 4.10. The van der Waals surface area contributed by atoms with Crippen molar-refractivity contribution in [3.63, 3.8) is 0 Å². The third kappa shape index (κ3) is 2.64. The van der Waals surface area contributed by atoms with E-state index in [0.717, 1.165) is 34.9 Å². The SMILES string of the molecule is COc1ccc2nc(CCCl)n(C(C)CC3CC3)c2c1. The molecule has 4 heteroatoms. The van der Waals surface area contributed by atoms with Crippen LogP contribution in [0.2, 0.25) is 0 Å². The van der Waals surface area contributed by atoms with Crippen LogP contribution in [0.25, 0.3) is 11.0 Å². The monoisotopic (exact) mass is 292 g/mol. The van der Waals surface area contributed by atoms with Gasteiger partial charge < -0.3 is 9.30 Å². The van der Waals surface area contributed by atoms with Crippen LogP contribution in [0.5, 0.6) is 5.75 Å². The highest BCUT2D eigenvalue weighted by molar-refractivity contribution is 6.17. The Morgan fingerprint density at radius 3 is 2.90 bits per heavy atom. The predicted octanol–water partition coefficient (Wildman–Crippen LogP) is 4.19. The van der Waals surface area contributed by atoms with Crippen molar-refractivity contribution in [2.75, 3.05) is 13.0 Å². The molecule has 1 unspecified atom stereocenters. The second kappa shape index (κ2) is 5.65. The number of fused-ring (bicyclic) bond motifs is 1. The van der Waals surface area contributed by atoms with Crippen molar-refractivity contribution >= 4 is 22.6 Å². The zero-order valence-corrected chi connectivity index (χ0v) is 12.9. The second-order valence-corrected chi connectivity index (χ2v) is 6.10. The van der Waals surface area contributed by atoms with E-state index in [4.69, 9.17) is 21.3 Å². The number of rotatable bonds is 6. The molecule has 0 amide bonds. The van der Waals surface area contributed by atoms with Crippen LogP contribution in [0.1, 0.15) is 38.1 Å². The molecule has 108 valence electrons. The number of aryl methyl sites for hydroxylation is 1. The van der Waals surface area contributed by atoms with E-state index in [1.807, 2.05) is 12.1 Å². The van der Waals surface area contributed by atoms with E-state index < -0.39 is 0 Å². The van der Waals surface area contributed by atoms with E-state index in [1.54, 1.807) is 7.11 Å². The summed E-state index contributed by atoms with van der Waals surface area (Å²) in [5.74, 6) is 3.49. The van der Waals surface area contributed by atoms with E-state index in [0.29, 0.717) is 11.9 Å². The van der Waals surface area contributed by atoms with Crippen molar-refractivity contribution in [3.8, 4) is 5.75 Å². The summed E-state index contributed by atoms with van der Waals surface area (Å²) >= 11 is 5.94. The summed E-state index contributed by atoms with van der Waals surface area (Å²) in [6.07, 6.45) is 4.81. The van der Waals surface area contributed by atoms with Crippen molar-refractivity contribution in [1.29, 1.82) is 0 Å². The van der Waals surface area contributed by atoms with Crippen LogP contribution in [-0.2, 0) is 6.42 Å². The lowest BCUT2D eigenvalue weighted by Crippen LogP contribution is -2.10. The van der Waals surface area contributed by atoms with Gasteiger partial charge in [0.1, 0.15) is 11.6 Å². The maximum atomic E-state index is 5.94. The summed E-state index contributed by atoms with van der Waals surface area (Å²) in [6, 6.07) is 6.56. The van der Waals surface area contributed by atoms with Gasteiger partial charge in [0, 0.05) is 24.4 Å². The molecule has 0 spiro atoms. The first-order chi connectivity index (χ1) is 9.72. The molecule has 20 heavy (non-hydrogen) atoms. The molecular formula is C16H21ClN2O. The zero-order chi connectivity index (χ0) is 14.1. The lowest BCUT2D eigenvalue weighted by atomic mass is 10.1. The van der Waals surface area contributed by atoms with Gasteiger partial charge in [-0.25, -0.2) is 4.98 Å². The maximum Gasteiger partial charge on any atom is 0.121 e. The highest BCUT2D eigenvalue weighted by Gasteiger charge is 2.26. The van der Waals surface area contributed by atoms with E-state index in [9.17, 15) is 0 Å². The maximum absolute atomic E-state index is 5.94. The molecule has 0 bridgehead atoms. The van der Waals surface area contributed by atoms with Crippen LogP contribution >= 0.6 is 11.6 Å². The van der Waals surface area contributed by atoms with Gasteiger partial charge in [-0.1, -0.05) is 12.8 Å². The topological polar surface area (TPSA) is 27.1 Å². The summed E-state index contributed by atoms with van der Waals surface area (Å²) in [6.45, 7) is 2.29. The molecule has 0 aliphatic heterocycles. The van der Waals surface area contributed by atoms with Gasteiger partial charge in [-0.15, -0.1) is 11.6 Å². The number of aromatic nitrogens is 2. The lowest BCUT2D eigenvalue weighted by molar-refractivity contribution is 0.414. The van der Waals surface area contributed by atoms with Crippen molar-refractivity contribution < 1.29 is 4.74 Å². The van der Waals surface area contributed by atoms with Gasteiger partial charge in [0.2, 0.25) is 0 Å². The summed E-state index contributed by atoms with van der Waals surface area (Å²) in [5, 5.41) is 0. The molecule has 1 aromatic heterocycles. The van der Waals surface area contributed by atoms with Gasteiger partial charge >= 0.3 is 0 Å². The van der Waals surface area contributed by atoms with Crippen molar-refractivity contribution in [1.82, 2.24) is 9.55 Å². The highest BCUT2D eigenvalue weighted by Crippen LogP contribution is 2.38. The quantitative estimate of drug-likeness (QED) is 0.747. The summed E-state index contributed by atoms with van der Waals surface area (Å²) < 4.78 is 7.71. The Kier molecular flexibility index (Phi) is 3.88. The van der Waals surface area contributed by atoms with Crippen LogP contribution in [0.4, 0.5) is 0 Å². The van der Waals surface area contributed by atoms with Gasteiger partial charge in [-0.2, -0.15) is 0 Å². The number of hydrogen-bond acceptors (Lipinski definition) is 2. The number of imidazole rings is 1. The first kappa shape index (κ1) is 13.7. The van der Waals surface area contributed by atoms with Gasteiger partial charge in [0.15, 0.2) is 0 Å². The van der Waals surface area contributed by atoms with E-state index in [2.05, 4.69) is 17.6 Å². The number of hydrogen-bond donors (Lipinski definition) is 0. The van der Waals surface area contributed by atoms with Gasteiger partial charge in [0.05, 0.1) is 18.1 Å². The van der Waals surface area contributed by atoms with Gasteiger partial charge in [-0.3, -0.25) is 0 Å². The minimum atomic E-state index is 0.470. The van der Waals surface area contributed by atoms with E-state index in [1.165, 1.54) is 19.3 Å². The first-order valence-corrected chi connectivity index (χ1v) is 7.87. The normalized spacial score (nSPS) is 16.6. The van der Waals surface area contributed by atoms with Crippen molar-refractivity contribution in [2.45, 2.75) is 38.6 Å². The molecule has 0 saturated heterocycles. The Morgan fingerprint density at radius 2 is 2.25 bits per heavy atom. The fourth-order valence-corrected chi connectivity index (χ4v) is 3.11. The summed E-state index contributed by atoms with van der Waals surface area (Å²) in [4.78, 5) is 4.75. The van der Waals surface area contributed by atoms with Crippen LogP contribution in [-0.4, -0.2) is 22.5 Å². The average Bonchev–Trinajstić information content (AvgIpc) is 3.17. The molecule has 1 saturated carbocycles. The summed E-state index contributed by atoms with van der Waals surface area (Å²) in [7, 11) is 1.70. The van der Waals surface area contributed by atoms with Crippen LogP contribution in [0.3, 0.4) is 0 Å². The van der Waals surface area contributed by atoms with Crippen LogP contribution < -0.4 is 4.74 Å². The standard InChI is InChI=1S/C16H21ClN2O/c1-11(9-12-3-4-12)19-15-10-13(20-2)5-6-14(15)18-16(19)7-8-17/h5-6,10-12H,3-4,7-9H2,1-2H3. The van der Waals surface area contributed by atoms with Crippen molar-refractivity contribution in [2.24, 2.45) is 5.92 Å². The molecule has 1 aliphatic carbocycles. The Labute approximate surface area is 124 Å². The lowest BCUT2D eigenvalue weighted by Gasteiger charge is -2.17. The fourth-order valence-electron chi connectivity index (χ4n) is 2.94. The minimum absolute atomic E-state index is 0.470. The number of methoxy groups -OCH3 is 1. The Morgan fingerprint density at radius 1 is 1.45 bits per heavy atom. The smallest absolute Gasteiger partial charge is 0.121 e. The number of ether oxygens (including phenoxy) is 1. The molecule has 0 N–H and O–H groups in total. The molecule has 1 fully saturated rings. The minimum Gasteiger partial charge on any atom is -0.497 e. The Hall–Kier alpha value is -1.22. The van der Waals surface area contributed by atoms with Crippen molar-refractivity contribution in [3.05, 3.63) is 24.0 Å². The predicted molar refractivity (Wildman–Crippen MR) is 82.8 cm³/mol. The van der Waals surface area contributed by atoms with E-state index >= 15 is 0 Å². The number of alkyl halides is 1. The van der Waals surface area contributed by atoms with E-state index in [-0.39, 0.29) is 0 Å². The number of halogens is 1. The molecule has 3 rings (SSSR count). The van der Waals surface area contributed by atoms with Crippen LogP contribution in [0, 0.1) is 5.92 Å². The molecule has 3 nitrogen and oxygen atoms in total. The second-order valence-electron chi connectivity index (χ2n) is 5.72. The third-order valence-corrected chi connectivity index (χ3v) is 4.29. The Bertz CT molecular complexity index is 604. The largest absolute Gasteiger partial charge is 0.497 e. The highest BCUT2D eigenvalue weighted by atomic mass is 35.5. The van der Waals surface area contributed by atoms with Gasteiger partial charge in [0.25, 0.3) is 0 Å². The molecule has 1 aromatic carbocycles. The number of benzene rings is 1. The first-order valence-electron chi connectivity index (χ1n) is 7.33. The molecule has 1 aliphatic rings. The summed E-state index contributed by atoms with van der Waals surface area (Å²) in [5.41, 5.74) is 2.20. The fraction of sp³-hybridized carbons (Fsp3) is 0.562. The molecule has 2 aromatic rings. The molecule has 1 atom stereocenters. The molecule has 0 radical (unpaired) electrons. The molecule has 1 heterocycles. The van der Waals surface area contributed by atoms with Gasteiger partial charge in [-0.05, 0) is 31.4 Å².